The fourth-order valence-electron chi connectivity index (χ4n) is 3.02. The average molecular weight is 427 g/mol. The van der Waals surface area contributed by atoms with Gasteiger partial charge >= 0.3 is 0 Å². The molecule has 0 fully saturated rings. The van der Waals surface area contributed by atoms with Gasteiger partial charge in [-0.05, 0) is 60.7 Å². The molecule has 1 aromatic heterocycles. The van der Waals surface area contributed by atoms with Crippen LogP contribution in [0.5, 0.6) is 23.1 Å². The van der Waals surface area contributed by atoms with Crippen LogP contribution in [0.1, 0.15) is 10.4 Å². The molecule has 1 amide bonds. The molecule has 0 aliphatic carbocycles. The number of carbonyl (C=O) groups excluding carboxylic acids is 1. The smallest absolute Gasteiger partial charge is 0.255 e. The predicted octanol–water partition coefficient (Wildman–Crippen LogP) is 5.21. The molecular formula is C25H21N3O4. The quantitative estimate of drug-likeness (QED) is 0.436. The highest BCUT2D eigenvalue weighted by Crippen LogP contribution is 2.26. The van der Waals surface area contributed by atoms with E-state index in [1.54, 1.807) is 68.8 Å². The lowest BCUT2D eigenvalue weighted by Crippen LogP contribution is -2.11. The van der Waals surface area contributed by atoms with Crippen LogP contribution in [-0.2, 0) is 0 Å². The number of amides is 1. The predicted molar refractivity (Wildman–Crippen MR) is 121 cm³/mol. The van der Waals surface area contributed by atoms with Gasteiger partial charge in [-0.2, -0.15) is 0 Å². The van der Waals surface area contributed by atoms with Gasteiger partial charge in [0.05, 0.1) is 19.9 Å². The van der Waals surface area contributed by atoms with Crippen molar-refractivity contribution in [2.24, 2.45) is 0 Å². The van der Waals surface area contributed by atoms with Crippen molar-refractivity contribution in [3.63, 3.8) is 0 Å². The summed E-state index contributed by atoms with van der Waals surface area (Å²) in [6.45, 7) is 0. The zero-order chi connectivity index (χ0) is 22.3. The number of aromatic nitrogens is 2. The molecule has 1 heterocycles. The lowest BCUT2D eigenvalue weighted by atomic mass is 10.1. The number of benzene rings is 3. The van der Waals surface area contributed by atoms with Crippen molar-refractivity contribution >= 4 is 11.6 Å². The Morgan fingerprint density at radius 1 is 0.781 bits per heavy atom. The second-order valence-electron chi connectivity index (χ2n) is 6.78. The standard InChI is InChI=1S/C25H21N3O4/c1-30-20-8-6-19(7-9-20)28-25(29)18-5-3-4-17(14-18)23-15-24(27-16-26-23)32-22-12-10-21(31-2)11-13-22/h3-16H,1-2H3,(H,28,29). The van der Waals surface area contributed by atoms with Crippen molar-refractivity contribution < 1.29 is 19.0 Å². The van der Waals surface area contributed by atoms with Crippen LogP contribution >= 0.6 is 0 Å². The summed E-state index contributed by atoms with van der Waals surface area (Å²) in [5.41, 5.74) is 2.60. The first-order chi connectivity index (χ1) is 15.6. The number of hydrogen-bond donors (Lipinski definition) is 1. The van der Waals surface area contributed by atoms with Crippen molar-refractivity contribution in [2.45, 2.75) is 0 Å². The summed E-state index contributed by atoms with van der Waals surface area (Å²) in [6.07, 6.45) is 1.43. The van der Waals surface area contributed by atoms with E-state index in [4.69, 9.17) is 14.2 Å². The first-order valence-corrected chi connectivity index (χ1v) is 9.84. The van der Waals surface area contributed by atoms with Gasteiger partial charge in [-0.3, -0.25) is 4.79 Å². The highest BCUT2D eigenvalue weighted by molar-refractivity contribution is 6.04. The van der Waals surface area contributed by atoms with E-state index >= 15 is 0 Å². The summed E-state index contributed by atoms with van der Waals surface area (Å²) in [5, 5.41) is 2.88. The van der Waals surface area contributed by atoms with Crippen LogP contribution in [0.3, 0.4) is 0 Å². The molecule has 0 radical (unpaired) electrons. The summed E-state index contributed by atoms with van der Waals surface area (Å²) in [7, 11) is 3.21. The second-order valence-corrected chi connectivity index (χ2v) is 6.78. The van der Waals surface area contributed by atoms with Crippen LogP contribution < -0.4 is 19.5 Å². The maximum atomic E-state index is 12.7. The molecule has 0 unspecified atom stereocenters. The number of rotatable bonds is 7. The minimum atomic E-state index is -0.222. The Morgan fingerprint density at radius 2 is 1.44 bits per heavy atom. The monoisotopic (exact) mass is 427 g/mol. The lowest BCUT2D eigenvalue weighted by molar-refractivity contribution is 0.102. The van der Waals surface area contributed by atoms with E-state index in [1.165, 1.54) is 6.33 Å². The highest BCUT2D eigenvalue weighted by Gasteiger charge is 2.10. The van der Waals surface area contributed by atoms with E-state index in [9.17, 15) is 4.79 Å². The number of hydrogen-bond acceptors (Lipinski definition) is 6. The Kier molecular flexibility index (Phi) is 6.27. The summed E-state index contributed by atoms with van der Waals surface area (Å²) >= 11 is 0. The second kappa shape index (κ2) is 9.61. The Hall–Kier alpha value is -4.39. The average Bonchev–Trinajstić information content (AvgIpc) is 2.85. The van der Waals surface area contributed by atoms with Gasteiger partial charge in [0.15, 0.2) is 0 Å². The van der Waals surface area contributed by atoms with Gasteiger partial charge in [0.1, 0.15) is 23.6 Å². The largest absolute Gasteiger partial charge is 0.497 e. The van der Waals surface area contributed by atoms with Crippen molar-refractivity contribution in [2.75, 3.05) is 19.5 Å². The third-order valence-electron chi connectivity index (χ3n) is 4.69. The number of carbonyl (C=O) groups is 1. The van der Waals surface area contributed by atoms with Gasteiger partial charge in [0, 0.05) is 22.9 Å². The molecule has 4 rings (SSSR count). The van der Waals surface area contributed by atoms with E-state index in [0.29, 0.717) is 28.6 Å². The van der Waals surface area contributed by atoms with E-state index in [-0.39, 0.29) is 5.91 Å². The molecule has 7 heteroatoms. The third kappa shape index (κ3) is 5.02. The van der Waals surface area contributed by atoms with Crippen LogP contribution in [-0.4, -0.2) is 30.1 Å². The first kappa shape index (κ1) is 20.9. The molecule has 0 bridgehead atoms. The lowest BCUT2D eigenvalue weighted by Gasteiger charge is -2.09. The molecule has 0 saturated carbocycles. The SMILES string of the molecule is COc1ccc(NC(=O)c2cccc(-c3cc(Oc4ccc(OC)cc4)ncn3)c2)cc1. The molecule has 1 N–H and O–H groups in total. The van der Waals surface area contributed by atoms with E-state index in [0.717, 1.165) is 17.1 Å². The minimum Gasteiger partial charge on any atom is -0.497 e. The van der Waals surface area contributed by atoms with Crippen molar-refractivity contribution in [1.29, 1.82) is 0 Å². The maximum absolute atomic E-state index is 12.7. The molecule has 3 aromatic carbocycles. The van der Waals surface area contributed by atoms with Gasteiger partial charge in [-0.15, -0.1) is 0 Å². The van der Waals surface area contributed by atoms with Gasteiger partial charge in [-0.25, -0.2) is 9.97 Å². The first-order valence-electron chi connectivity index (χ1n) is 9.84. The molecule has 0 saturated heterocycles. The van der Waals surface area contributed by atoms with Gasteiger partial charge in [0.2, 0.25) is 5.88 Å². The van der Waals surface area contributed by atoms with Crippen molar-refractivity contribution in [1.82, 2.24) is 9.97 Å². The fourth-order valence-corrected chi connectivity index (χ4v) is 3.02. The number of ether oxygens (including phenoxy) is 3. The van der Waals surface area contributed by atoms with Crippen LogP contribution in [0.2, 0.25) is 0 Å². The van der Waals surface area contributed by atoms with Crippen molar-refractivity contribution in [3.8, 4) is 34.4 Å². The molecular weight excluding hydrogens is 406 g/mol. The zero-order valence-electron chi connectivity index (χ0n) is 17.6. The number of nitrogens with one attached hydrogen (secondary N) is 1. The normalized spacial score (nSPS) is 10.3. The molecule has 160 valence electrons. The summed E-state index contributed by atoms with van der Waals surface area (Å²) in [4.78, 5) is 21.2. The number of methoxy groups -OCH3 is 2. The summed E-state index contributed by atoms with van der Waals surface area (Å²) in [6, 6.07) is 23.3. The number of anilines is 1. The van der Waals surface area contributed by atoms with Crippen LogP contribution in [0, 0.1) is 0 Å². The minimum absolute atomic E-state index is 0.222. The van der Waals surface area contributed by atoms with Gasteiger partial charge in [-0.1, -0.05) is 12.1 Å². The molecule has 7 nitrogen and oxygen atoms in total. The Morgan fingerprint density at radius 3 is 2.12 bits per heavy atom. The molecule has 0 aliphatic heterocycles. The summed E-state index contributed by atoms with van der Waals surface area (Å²) in [5.74, 6) is 2.27. The van der Waals surface area contributed by atoms with Crippen LogP contribution in [0.4, 0.5) is 5.69 Å². The Bertz CT molecular complexity index is 1210. The summed E-state index contributed by atoms with van der Waals surface area (Å²) < 4.78 is 16.1. The Balaban J connectivity index is 1.50. The maximum Gasteiger partial charge on any atom is 0.255 e. The molecule has 0 aliphatic rings. The fraction of sp³-hybridized carbons (Fsp3) is 0.0800. The zero-order valence-corrected chi connectivity index (χ0v) is 17.6. The molecule has 0 spiro atoms. The number of nitrogens with zero attached hydrogens (tertiary/aromatic N) is 2. The molecule has 4 aromatic rings. The molecule has 0 atom stereocenters. The van der Waals surface area contributed by atoms with Gasteiger partial charge < -0.3 is 19.5 Å². The highest BCUT2D eigenvalue weighted by atomic mass is 16.5. The topological polar surface area (TPSA) is 82.6 Å². The van der Waals surface area contributed by atoms with Crippen LogP contribution in [0.25, 0.3) is 11.3 Å². The van der Waals surface area contributed by atoms with Crippen LogP contribution in [0.15, 0.2) is 85.2 Å². The van der Waals surface area contributed by atoms with Gasteiger partial charge in [0.25, 0.3) is 5.91 Å². The van der Waals surface area contributed by atoms with E-state index in [2.05, 4.69) is 15.3 Å². The molecule has 32 heavy (non-hydrogen) atoms. The van der Waals surface area contributed by atoms with E-state index in [1.807, 2.05) is 24.3 Å². The van der Waals surface area contributed by atoms with Crippen molar-refractivity contribution in [3.05, 3.63) is 90.8 Å². The Labute approximate surface area is 185 Å². The van der Waals surface area contributed by atoms with E-state index < -0.39 is 0 Å². The third-order valence-corrected chi connectivity index (χ3v) is 4.69.